The molecule has 0 radical (unpaired) electrons. The lowest BCUT2D eigenvalue weighted by atomic mass is 10.7. The van der Waals surface area contributed by atoms with E-state index < -0.39 is 0 Å². The van der Waals surface area contributed by atoms with Gasteiger partial charge in [0.2, 0.25) is 0 Å². The second kappa shape index (κ2) is 3.46. The summed E-state index contributed by atoms with van der Waals surface area (Å²) in [7, 11) is 0. The number of aliphatic hydroxyl groups excluding tert-OH is 1. The van der Waals surface area contributed by atoms with Crippen LogP contribution in [-0.2, 0) is 0 Å². The first-order valence-corrected chi connectivity index (χ1v) is 4.50. The molecule has 0 unspecified atom stereocenters. The van der Waals surface area contributed by atoms with E-state index in [0.29, 0.717) is 0 Å². The van der Waals surface area contributed by atoms with E-state index in [9.17, 15) is 0 Å². The molecular weight excluding hydrogens is 176 g/mol. The van der Waals surface area contributed by atoms with Gasteiger partial charge in [0, 0.05) is 0 Å². The Hall–Kier alpha value is 0.300. The molecule has 0 bridgehead atoms. The van der Waals surface area contributed by atoms with E-state index in [4.69, 9.17) is 16.7 Å². The van der Waals surface area contributed by atoms with Gasteiger partial charge < -0.3 is 5.11 Å². The minimum atomic E-state index is 0.122. The molecule has 1 nitrogen and oxygen atoms in total. The Balaban J connectivity index is 2.61. The molecule has 0 atom stereocenters. The van der Waals surface area contributed by atoms with E-state index in [-0.39, 0.29) is 5.94 Å². The highest BCUT2D eigenvalue weighted by molar-refractivity contribution is 8.01. The van der Waals surface area contributed by atoms with Gasteiger partial charge in [-0.3, -0.25) is 0 Å². The van der Waals surface area contributed by atoms with Crippen molar-refractivity contribution < 1.29 is 5.11 Å². The molecule has 1 N–H and O–H groups in total. The maximum Gasteiger partial charge on any atom is 0.0940 e. The van der Waals surface area contributed by atoms with Gasteiger partial charge in [0.1, 0.15) is 0 Å². The standard InChI is InChI=1S/C5H5ClOS2/c6-4-1-2-5(9-4)8-3-7/h1-2,7H,3H2. The highest BCUT2D eigenvalue weighted by atomic mass is 35.5. The van der Waals surface area contributed by atoms with Crippen LogP contribution in [0.4, 0.5) is 0 Å². The lowest BCUT2D eigenvalue weighted by Crippen LogP contribution is -1.66. The molecule has 0 fully saturated rings. The number of thiophene rings is 1. The summed E-state index contributed by atoms with van der Waals surface area (Å²) in [6, 6.07) is 3.72. The highest BCUT2D eigenvalue weighted by Gasteiger charge is 1.95. The molecule has 0 saturated heterocycles. The molecule has 0 aliphatic carbocycles. The van der Waals surface area contributed by atoms with Crippen molar-refractivity contribution in [3.8, 4) is 0 Å². The largest absolute Gasteiger partial charge is 0.385 e. The Morgan fingerprint density at radius 2 is 2.44 bits per heavy atom. The zero-order valence-corrected chi connectivity index (χ0v) is 6.89. The minimum Gasteiger partial charge on any atom is -0.385 e. The average Bonchev–Trinajstić information content (AvgIpc) is 2.17. The first-order chi connectivity index (χ1) is 4.33. The van der Waals surface area contributed by atoms with Gasteiger partial charge in [-0.1, -0.05) is 23.4 Å². The molecule has 1 heterocycles. The lowest BCUT2D eigenvalue weighted by Gasteiger charge is -1.85. The van der Waals surface area contributed by atoms with Crippen LogP contribution in [0.5, 0.6) is 0 Å². The number of hydrogen-bond donors (Lipinski definition) is 1. The second-order valence-corrected chi connectivity index (χ2v) is 4.29. The van der Waals surface area contributed by atoms with E-state index >= 15 is 0 Å². The quantitative estimate of drug-likeness (QED) is 0.558. The summed E-state index contributed by atoms with van der Waals surface area (Å²) in [6.45, 7) is 0. The number of halogens is 1. The third kappa shape index (κ3) is 2.18. The van der Waals surface area contributed by atoms with Crippen LogP contribution in [0.15, 0.2) is 16.3 Å². The van der Waals surface area contributed by atoms with Gasteiger partial charge in [-0.15, -0.1) is 11.3 Å². The second-order valence-electron chi connectivity index (χ2n) is 1.33. The smallest absolute Gasteiger partial charge is 0.0940 e. The predicted octanol–water partition coefficient (Wildman–Crippen LogP) is 2.44. The summed E-state index contributed by atoms with van der Waals surface area (Å²) < 4.78 is 1.83. The van der Waals surface area contributed by atoms with Crippen molar-refractivity contribution in [1.82, 2.24) is 0 Å². The van der Waals surface area contributed by atoms with Crippen LogP contribution in [0.25, 0.3) is 0 Å². The fourth-order valence-electron chi connectivity index (χ4n) is 0.439. The number of hydrogen-bond acceptors (Lipinski definition) is 3. The van der Waals surface area contributed by atoms with Gasteiger partial charge >= 0.3 is 0 Å². The average molecular weight is 181 g/mol. The first-order valence-electron chi connectivity index (χ1n) is 2.32. The van der Waals surface area contributed by atoms with E-state index in [1.54, 1.807) is 0 Å². The molecule has 1 aromatic rings. The zero-order valence-electron chi connectivity index (χ0n) is 4.50. The van der Waals surface area contributed by atoms with E-state index in [2.05, 4.69) is 0 Å². The Morgan fingerprint density at radius 1 is 1.67 bits per heavy atom. The first kappa shape index (κ1) is 7.41. The number of rotatable bonds is 2. The Bertz CT molecular complexity index is 187. The molecular formula is C5H5ClOS2. The van der Waals surface area contributed by atoms with Gasteiger partial charge in [-0.2, -0.15) is 0 Å². The summed E-state index contributed by atoms with van der Waals surface area (Å²) >= 11 is 8.49. The van der Waals surface area contributed by atoms with Crippen molar-refractivity contribution in [2.24, 2.45) is 0 Å². The van der Waals surface area contributed by atoms with Gasteiger partial charge in [0.25, 0.3) is 0 Å². The van der Waals surface area contributed by atoms with Crippen molar-refractivity contribution in [3.63, 3.8) is 0 Å². The summed E-state index contributed by atoms with van der Waals surface area (Å²) in [6.07, 6.45) is 0. The van der Waals surface area contributed by atoms with Crippen LogP contribution in [0, 0.1) is 0 Å². The molecule has 50 valence electrons. The molecule has 1 rings (SSSR count). The molecule has 0 amide bonds. The molecule has 1 aromatic heterocycles. The van der Waals surface area contributed by atoms with Gasteiger partial charge in [-0.25, -0.2) is 0 Å². The van der Waals surface area contributed by atoms with E-state index in [1.807, 2.05) is 12.1 Å². The summed E-state index contributed by atoms with van der Waals surface area (Å²) in [5.74, 6) is 0.122. The van der Waals surface area contributed by atoms with Gasteiger partial charge in [-0.05, 0) is 12.1 Å². The molecule has 0 aliphatic rings. The highest BCUT2D eigenvalue weighted by Crippen LogP contribution is 2.29. The summed E-state index contributed by atoms with van der Waals surface area (Å²) in [5.41, 5.74) is 0. The van der Waals surface area contributed by atoms with Crippen LogP contribution in [0.1, 0.15) is 0 Å². The van der Waals surface area contributed by atoms with Crippen molar-refractivity contribution in [1.29, 1.82) is 0 Å². The van der Waals surface area contributed by atoms with Crippen LogP contribution < -0.4 is 0 Å². The van der Waals surface area contributed by atoms with E-state index in [1.165, 1.54) is 23.1 Å². The van der Waals surface area contributed by atoms with E-state index in [0.717, 1.165) is 8.55 Å². The van der Waals surface area contributed by atoms with Crippen LogP contribution >= 0.6 is 34.7 Å². The van der Waals surface area contributed by atoms with Crippen molar-refractivity contribution in [2.45, 2.75) is 4.21 Å². The Morgan fingerprint density at radius 3 is 2.89 bits per heavy atom. The maximum absolute atomic E-state index is 8.46. The Labute approximate surface area is 66.7 Å². The normalized spacial score (nSPS) is 10.0. The molecule has 0 saturated carbocycles. The lowest BCUT2D eigenvalue weighted by molar-refractivity contribution is 0.375. The van der Waals surface area contributed by atoms with Crippen molar-refractivity contribution in [3.05, 3.63) is 16.5 Å². The molecule has 0 spiro atoms. The topological polar surface area (TPSA) is 20.2 Å². The molecule has 9 heavy (non-hydrogen) atoms. The fraction of sp³-hybridized carbons (Fsp3) is 0.200. The monoisotopic (exact) mass is 180 g/mol. The van der Waals surface area contributed by atoms with Crippen LogP contribution in [0.2, 0.25) is 4.34 Å². The van der Waals surface area contributed by atoms with Gasteiger partial charge in [0.05, 0.1) is 14.5 Å². The molecule has 0 aliphatic heterocycles. The third-order valence-corrected chi connectivity index (χ3v) is 2.93. The summed E-state index contributed by atoms with van der Waals surface area (Å²) in [4.78, 5) is 0. The third-order valence-electron chi connectivity index (χ3n) is 0.755. The summed E-state index contributed by atoms with van der Waals surface area (Å²) in [5, 5.41) is 8.46. The molecule has 4 heteroatoms. The SMILES string of the molecule is OCSc1ccc(Cl)s1. The fourth-order valence-corrected chi connectivity index (χ4v) is 2.31. The maximum atomic E-state index is 8.46. The Kier molecular flexibility index (Phi) is 2.85. The minimum absolute atomic E-state index is 0.122. The van der Waals surface area contributed by atoms with Crippen LogP contribution in [-0.4, -0.2) is 11.0 Å². The van der Waals surface area contributed by atoms with Gasteiger partial charge in [0.15, 0.2) is 0 Å². The predicted molar refractivity (Wildman–Crippen MR) is 42.3 cm³/mol. The van der Waals surface area contributed by atoms with Crippen LogP contribution in [0.3, 0.4) is 0 Å². The number of thioether (sulfide) groups is 1. The molecule has 0 aromatic carbocycles. The van der Waals surface area contributed by atoms with Crippen molar-refractivity contribution in [2.75, 3.05) is 5.94 Å². The number of aliphatic hydroxyl groups is 1. The zero-order chi connectivity index (χ0) is 6.69. The van der Waals surface area contributed by atoms with Crippen molar-refractivity contribution >= 4 is 34.7 Å².